The topological polar surface area (TPSA) is 103 Å². The van der Waals surface area contributed by atoms with Crippen molar-refractivity contribution in [2.24, 2.45) is 0 Å². The number of amides is 2. The van der Waals surface area contributed by atoms with Crippen molar-refractivity contribution >= 4 is 41.9 Å². The Morgan fingerprint density at radius 1 is 0.865 bits per heavy atom. The smallest absolute Gasteiger partial charge is 0.311 e. The van der Waals surface area contributed by atoms with Crippen LogP contribution in [0.5, 0.6) is 5.75 Å². The number of carbonyl (C=O) groups is 3. The molecule has 37 heavy (non-hydrogen) atoms. The van der Waals surface area contributed by atoms with Crippen molar-refractivity contribution in [3.63, 3.8) is 0 Å². The summed E-state index contributed by atoms with van der Waals surface area (Å²) in [6.07, 6.45) is 0.309. The van der Waals surface area contributed by atoms with E-state index >= 15 is 0 Å². The zero-order valence-corrected chi connectivity index (χ0v) is 22.7. The van der Waals surface area contributed by atoms with Crippen molar-refractivity contribution in [1.29, 1.82) is 0 Å². The van der Waals surface area contributed by atoms with E-state index in [-0.39, 0.29) is 24.9 Å². The molecule has 0 saturated carbocycles. The molecule has 1 aromatic rings. The molecule has 0 saturated heterocycles. The number of carbonyl (C=O) groups excluding carboxylic acids is 3. The van der Waals surface area contributed by atoms with E-state index in [2.05, 4.69) is 15.4 Å². The van der Waals surface area contributed by atoms with Crippen molar-refractivity contribution in [3.05, 3.63) is 29.3 Å². The van der Waals surface area contributed by atoms with E-state index in [1.807, 2.05) is 0 Å². The van der Waals surface area contributed by atoms with Gasteiger partial charge in [-0.15, -0.1) is 0 Å². The first-order chi connectivity index (χ1) is 17.6. The van der Waals surface area contributed by atoms with Crippen molar-refractivity contribution in [1.82, 2.24) is 10.6 Å². The summed E-state index contributed by atoms with van der Waals surface area (Å²) in [6.45, 7) is 7.84. The Morgan fingerprint density at radius 3 is 1.86 bits per heavy atom. The van der Waals surface area contributed by atoms with Gasteiger partial charge in [0, 0.05) is 49.2 Å². The van der Waals surface area contributed by atoms with Crippen molar-refractivity contribution in [3.8, 4) is 5.75 Å². The van der Waals surface area contributed by atoms with E-state index < -0.39 is 63.9 Å². The van der Waals surface area contributed by atoms with Crippen LogP contribution in [0.2, 0.25) is 0 Å². The summed E-state index contributed by atoms with van der Waals surface area (Å²) in [5.41, 5.74) is 0. The molecule has 2 N–H and O–H groups in total. The summed E-state index contributed by atoms with van der Waals surface area (Å²) in [5.74, 6) is -10.6. The number of hydrogen-bond acceptors (Lipinski definition) is 8. The fourth-order valence-electron chi connectivity index (χ4n) is 2.85. The van der Waals surface area contributed by atoms with Crippen molar-refractivity contribution in [2.45, 2.75) is 69.9 Å². The lowest BCUT2D eigenvalue weighted by Crippen LogP contribution is -2.48. The van der Waals surface area contributed by atoms with Crippen LogP contribution in [-0.4, -0.2) is 54.1 Å². The third kappa shape index (κ3) is 11.1. The molecule has 14 heteroatoms. The molecule has 2 amide bonds. The maximum atomic E-state index is 13.8. The molecule has 3 atom stereocenters. The fourth-order valence-corrected chi connectivity index (χ4v) is 4.05. The highest BCUT2D eigenvalue weighted by Crippen LogP contribution is 2.27. The lowest BCUT2D eigenvalue weighted by atomic mass is 10.1. The van der Waals surface area contributed by atoms with Gasteiger partial charge in [-0.05, 0) is 33.1 Å². The largest absolute Gasteiger partial charge is 0.420 e. The van der Waals surface area contributed by atoms with Gasteiger partial charge in [0.1, 0.15) is 10.5 Å². The number of benzene rings is 1. The van der Waals surface area contributed by atoms with Gasteiger partial charge < -0.3 is 23.7 Å². The van der Waals surface area contributed by atoms with Crippen LogP contribution in [0.25, 0.3) is 0 Å². The summed E-state index contributed by atoms with van der Waals surface area (Å²) in [5, 5.41) is 4.34. The summed E-state index contributed by atoms with van der Waals surface area (Å²) in [7, 11) is 0. The van der Waals surface area contributed by atoms with E-state index in [1.165, 1.54) is 0 Å². The van der Waals surface area contributed by atoms with Crippen LogP contribution in [0.1, 0.15) is 53.4 Å². The first-order valence-corrected chi connectivity index (χ1v) is 13.4. The highest BCUT2D eigenvalue weighted by Gasteiger charge is 2.26. The molecule has 0 aliphatic rings. The first-order valence-electron chi connectivity index (χ1n) is 11.8. The number of ether oxygens (including phenoxy) is 1. The van der Waals surface area contributed by atoms with E-state index in [9.17, 15) is 31.9 Å². The van der Waals surface area contributed by atoms with Gasteiger partial charge >= 0.3 is 5.97 Å². The Morgan fingerprint density at radius 2 is 1.38 bits per heavy atom. The van der Waals surface area contributed by atoms with Crippen LogP contribution >= 0.6 is 24.1 Å². The third-order valence-electron chi connectivity index (χ3n) is 4.78. The molecule has 3 unspecified atom stereocenters. The van der Waals surface area contributed by atoms with E-state index in [0.717, 1.165) is 24.1 Å². The molecule has 1 aromatic carbocycles. The van der Waals surface area contributed by atoms with Gasteiger partial charge in [-0.25, -0.2) is 8.78 Å². The van der Waals surface area contributed by atoms with Gasteiger partial charge in [0.05, 0.1) is 13.2 Å². The quantitative estimate of drug-likeness (QED) is 0.0928. The molecule has 0 heterocycles. The predicted octanol–water partition coefficient (Wildman–Crippen LogP) is 4.46. The molecule has 210 valence electrons. The van der Waals surface area contributed by atoms with Crippen molar-refractivity contribution < 1.29 is 45.0 Å². The van der Waals surface area contributed by atoms with Crippen LogP contribution in [0.3, 0.4) is 0 Å². The highest BCUT2D eigenvalue weighted by molar-refractivity contribution is 7.96. The second-order valence-corrected chi connectivity index (χ2v) is 9.55. The molecule has 0 fully saturated rings. The average Bonchev–Trinajstić information content (AvgIpc) is 2.87. The van der Waals surface area contributed by atoms with Gasteiger partial charge in [0.15, 0.2) is 11.6 Å². The number of hydrogen-bond donors (Lipinski definition) is 2. The van der Waals surface area contributed by atoms with Gasteiger partial charge in [-0.1, -0.05) is 13.8 Å². The summed E-state index contributed by atoms with van der Waals surface area (Å²) >= 11 is 1.99. The van der Waals surface area contributed by atoms with Gasteiger partial charge in [0.2, 0.25) is 29.2 Å². The Bertz CT molecular complexity index is 886. The minimum absolute atomic E-state index is 0.00589. The number of esters is 1. The molecule has 0 aromatic heterocycles. The monoisotopic (exact) mass is 572 g/mol. The zero-order chi connectivity index (χ0) is 28.0. The van der Waals surface area contributed by atoms with E-state index in [4.69, 9.17) is 8.37 Å². The molecule has 0 spiro atoms. The van der Waals surface area contributed by atoms with Gasteiger partial charge in [-0.2, -0.15) is 8.78 Å². The number of nitrogens with one attached hydrogen (secondary N) is 2. The van der Waals surface area contributed by atoms with Crippen LogP contribution in [0, 0.1) is 23.3 Å². The van der Waals surface area contributed by atoms with Crippen LogP contribution in [0.4, 0.5) is 17.6 Å². The molecular weight excluding hydrogens is 540 g/mol. The zero-order valence-electron chi connectivity index (χ0n) is 21.0. The van der Waals surface area contributed by atoms with E-state index in [0.29, 0.717) is 26.1 Å². The Hall–Kier alpha value is -2.03. The molecule has 0 aliphatic heterocycles. The number of rotatable bonds is 17. The Labute approximate surface area is 222 Å². The second-order valence-electron chi connectivity index (χ2n) is 7.56. The summed E-state index contributed by atoms with van der Waals surface area (Å²) in [4.78, 5) is 37.5. The van der Waals surface area contributed by atoms with Gasteiger partial charge in [0.25, 0.3) is 0 Å². The normalized spacial score (nSPS) is 13.5. The van der Waals surface area contributed by atoms with Crippen LogP contribution in [-0.2, 0) is 22.7 Å². The third-order valence-corrected chi connectivity index (χ3v) is 7.09. The van der Waals surface area contributed by atoms with Crippen LogP contribution in [0.15, 0.2) is 6.07 Å². The second kappa shape index (κ2) is 17.5. The molecule has 0 radical (unpaired) electrons. The minimum Gasteiger partial charge on any atom is -0.420 e. The van der Waals surface area contributed by atoms with Gasteiger partial charge in [-0.3, -0.25) is 14.4 Å². The molecule has 0 bridgehead atoms. The molecule has 1 rings (SSSR count). The number of halogens is 4. The summed E-state index contributed by atoms with van der Waals surface area (Å²) in [6, 6.07) is -0.789. The predicted molar refractivity (Wildman–Crippen MR) is 133 cm³/mol. The summed E-state index contributed by atoms with van der Waals surface area (Å²) < 4.78 is 69.4. The fraction of sp³-hybridized carbons (Fsp3) is 0.609. The standard InChI is InChI=1S/C23H32F4N2O6S2/c1-5-16(36-33-7-3)22(31)28-12-13(29-23(32)17(6-2)37-34-8-4)9-10-18(30)35-21-19(26)14(24)11-15(25)20(21)27/h11,13,16-17H,5-10,12H2,1-4H3,(H,28,31)(H,29,32). The Balaban J connectivity index is 2.91. The lowest BCUT2D eigenvalue weighted by Gasteiger charge is -2.23. The van der Waals surface area contributed by atoms with Crippen LogP contribution < -0.4 is 15.4 Å². The lowest BCUT2D eigenvalue weighted by molar-refractivity contribution is -0.135. The SMILES string of the molecule is CCOSC(CC)C(=O)NCC(CCC(=O)Oc1c(F)c(F)cc(F)c1F)NC(=O)C(CC)SOCC. The molecule has 0 aliphatic carbocycles. The molecule has 8 nitrogen and oxygen atoms in total. The Kier molecular flexibility index (Phi) is 15.6. The maximum Gasteiger partial charge on any atom is 0.311 e. The molecular formula is C23H32F4N2O6S2. The first kappa shape index (κ1) is 33.0. The highest BCUT2D eigenvalue weighted by atomic mass is 32.2. The minimum atomic E-state index is -1.85. The average molecular weight is 573 g/mol. The van der Waals surface area contributed by atoms with Crippen molar-refractivity contribution in [2.75, 3.05) is 19.8 Å². The van der Waals surface area contributed by atoms with E-state index in [1.54, 1.807) is 27.7 Å². The maximum absolute atomic E-state index is 13.8.